The van der Waals surface area contributed by atoms with E-state index < -0.39 is 10.0 Å². The highest BCUT2D eigenvalue weighted by Crippen LogP contribution is 2.31. The van der Waals surface area contributed by atoms with Crippen LogP contribution in [0.2, 0.25) is 0 Å². The highest BCUT2D eigenvalue weighted by Gasteiger charge is 2.22. The van der Waals surface area contributed by atoms with Crippen LogP contribution < -0.4 is 9.46 Å². The van der Waals surface area contributed by atoms with E-state index in [9.17, 15) is 8.42 Å². The van der Waals surface area contributed by atoms with Gasteiger partial charge in [-0.2, -0.15) is 0 Å². The molecule has 1 heterocycles. The minimum Gasteiger partial charge on any atom is -0.496 e. The molecule has 132 valence electrons. The zero-order valence-electron chi connectivity index (χ0n) is 14.7. The summed E-state index contributed by atoms with van der Waals surface area (Å²) in [5.74, 6) is 0.706. The van der Waals surface area contributed by atoms with Gasteiger partial charge in [0.15, 0.2) is 0 Å². The fraction of sp³-hybridized carbons (Fsp3) is 0.263. The summed E-state index contributed by atoms with van der Waals surface area (Å²) in [7, 11) is -2.02. The van der Waals surface area contributed by atoms with Gasteiger partial charge in [-0.3, -0.25) is 0 Å². The second-order valence-electron chi connectivity index (χ2n) is 6.06. The lowest BCUT2D eigenvalue weighted by Gasteiger charge is -2.16. The van der Waals surface area contributed by atoms with Crippen LogP contribution in [-0.4, -0.2) is 15.5 Å². The van der Waals surface area contributed by atoms with Crippen LogP contribution in [0.3, 0.4) is 0 Å². The molecule has 0 fully saturated rings. The first-order valence-electron chi connectivity index (χ1n) is 7.94. The summed E-state index contributed by atoms with van der Waals surface area (Å²) in [6, 6.07) is 9.79. The Hall–Kier alpha value is -1.89. The number of methoxy groups -OCH3 is 1. The van der Waals surface area contributed by atoms with Gasteiger partial charge in [0.1, 0.15) is 5.75 Å². The van der Waals surface area contributed by atoms with Gasteiger partial charge in [-0.1, -0.05) is 18.2 Å². The van der Waals surface area contributed by atoms with Crippen LogP contribution >= 0.6 is 11.3 Å². The molecule has 2 aromatic carbocycles. The first kappa shape index (κ1) is 17.9. The lowest BCUT2D eigenvalue weighted by molar-refractivity contribution is 0.410. The fourth-order valence-corrected chi connectivity index (χ4v) is 5.55. The van der Waals surface area contributed by atoms with E-state index in [4.69, 9.17) is 4.74 Å². The summed E-state index contributed by atoms with van der Waals surface area (Å²) < 4.78 is 35.1. The van der Waals surface area contributed by atoms with E-state index in [-0.39, 0.29) is 6.54 Å². The van der Waals surface area contributed by atoms with E-state index in [2.05, 4.69) is 4.72 Å². The summed E-state index contributed by atoms with van der Waals surface area (Å²) in [4.78, 5) is 0.338. The molecule has 25 heavy (non-hydrogen) atoms. The molecular formula is C19H21NO3S2. The Morgan fingerprint density at radius 2 is 1.84 bits per heavy atom. The molecule has 6 heteroatoms. The van der Waals surface area contributed by atoms with Crippen molar-refractivity contribution in [2.24, 2.45) is 0 Å². The Bertz CT molecular complexity index is 1040. The number of ether oxygens (including phenoxy) is 1. The third-order valence-electron chi connectivity index (χ3n) is 4.48. The molecule has 0 aliphatic heterocycles. The van der Waals surface area contributed by atoms with Crippen molar-refractivity contribution in [3.05, 3.63) is 58.0 Å². The lowest BCUT2D eigenvalue weighted by Crippen LogP contribution is -2.25. The second-order valence-corrected chi connectivity index (χ2v) is 8.67. The standard InChI is InChI=1S/C19H21NO3S2/c1-12-9-17(23-4)13(2)14(3)19(12)25(21,22)20-10-15-11-24-18-8-6-5-7-16(15)18/h5-9,11,20H,10H2,1-4H3. The van der Waals surface area contributed by atoms with Gasteiger partial charge >= 0.3 is 0 Å². The number of thiophene rings is 1. The average molecular weight is 376 g/mol. The van der Waals surface area contributed by atoms with Crippen LogP contribution in [0.15, 0.2) is 40.6 Å². The zero-order valence-corrected chi connectivity index (χ0v) is 16.3. The van der Waals surface area contributed by atoms with Gasteiger partial charge in [0.25, 0.3) is 0 Å². The van der Waals surface area contributed by atoms with Crippen molar-refractivity contribution in [2.75, 3.05) is 7.11 Å². The van der Waals surface area contributed by atoms with E-state index >= 15 is 0 Å². The third-order valence-corrected chi connectivity index (χ3v) is 7.18. The fourth-order valence-electron chi connectivity index (χ4n) is 3.06. The SMILES string of the molecule is COc1cc(C)c(S(=O)(=O)NCc2csc3ccccc23)c(C)c1C. The molecule has 0 saturated heterocycles. The molecule has 0 atom stereocenters. The Kier molecular flexibility index (Phi) is 4.86. The molecule has 0 radical (unpaired) electrons. The number of nitrogens with one attached hydrogen (secondary N) is 1. The highest BCUT2D eigenvalue weighted by atomic mass is 32.2. The predicted octanol–water partition coefficient (Wildman–Crippen LogP) is 4.31. The van der Waals surface area contributed by atoms with Crippen LogP contribution in [0.25, 0.3) is 10.1 Å². The van der Waals surface area contributed by atoms with Crippen LogP contribution in [-0.2, 0) is 16.6 Å². The van der Waals surface area contributed by atoms with E-state index in [0.29, 0.717) is 16.2 Å². The van der Waals surface area contributed by atoms with Crippen molar-refractivity contribution >= 4 is 31.4 Å². The topological polar surface area (TPSA) is 55.4 Å². The van der Waals surface area contributed by atoms with E-state index in [0.717, 1.165) is 26.8 Å². The predicted molar refractivity (Wildman–Crippen MR) is 103 cm³/mol. The van der Waals surface area contributed by atoms with E-state index in [1.807, 2.05) is 43.5 Å². The maximum Gasteiger partial charge on any atom is 0.241 e. The van der Waals surface area contributed by atoms with Gasteiger partial charge in [0.05, 0.1) is 12.0 Å². The summed E-state index contributed by atoms with van der Waals surface area (Å²) >= 11 is 1.62. The van der Waals surface area contributed by atoms with Crippen LogP contribution in [0, 0.1) is 20.8 Å². The van der Waals surface area contributed by atoms with Gasteiger partial charge in [-0.05, 0) is 65.9 Å². The molecule has 0 aliphatic rings. The van der Waals surface area contributed by atoms with Crippen molar-refractivity contribution in [3.63, 3.8) is 0 Å². The zero-order chi connectivity index (χ0) is 18.2. The minimum absolute atomic E-state index is 0.274. The number of aryl methyl sites for hydroxylation is 1. The molecule has 3 aromatic rings. The van der Waals surface area contributed by atoms with Crippen molar-refractivity contribution in [1.29, 1.82) is 0 Å². The van der Waals surface area contributed by atoms with Crippen LogP contribution in [0.1, 0.15) is 22.3 Å². The second kappa shape index (κ2) is 6.78. The number of fused-ring (bicyclic) bond motifs is 1. The number of benzene rings is 2. The summed E-state index contributed by atoms with van der Waals surface area (Å²) in [6.45, 7) is 5.76. The van der Waals surface area contributed by atoms with Gasteiger partial charge in [0.2, 0.25) is 10.0 Å². The van der Waals surface area contributed by atoms with Crippen LogP contribution in [0.4, 0.5) is 0 Å². The molecule has 3 rings (SSSR count). The molecular weight excluding hydrogens is 354 g/mol. The Labute approximate surface area is 152 Å². The smallest absolute Gasteiger partial charge is 0.241 e. The quantitative estimate of drug-likeness (QED) is 0.723. The molecule has 0 spiro atoms. The molecule has 0 aliphatic carbocycles. The minimum atomic E-state index is -3.61. The average Bonchev–Trinajstić information content (AvgIpc) is 2.99. The number of hydrogen-bond acceptors (Lipinski definition) is 4. The summed E-state index contributed by atoms with van der Waals surface area (Å²) in [5.41, 5.74) is 3.24. The van der Waals surface area contributed by atoms with Crippen molar-refractivity contribution in [2.45, 2.75) is 32.2 Å². The van der Waals surface area contributed by atoms with Gasteiger partial charge < -0.3 is 4.74 Å². The molecule has 0 saturated carbocycles. The number of rotatable bonds is 5. The number of hydrogen-bond donors (Lipinski definition) is 1. The molecule has 0 bridgehead atoms. The first-order valence-corrected chi connectivity index (χ1v) is 10.3. The lowest BCUT2D eigenvalue weighted by atomic mass is 10.1. The van der Waals surface area contributed by atoms with Gasteiger partial charge in [-0.15, -0.1) is 11.3 Å². The molecule has 1 N–H and O–H groups in total. The number of sulfonamides is 1. The third kappa shape index (κ3) is 3.29. The Balaban J connectivity index is 1.94. The van der Waals surface area contributed by atoms with Crippen LogP contribution in [0.5, 0.6) is 5.75 Å². The van der Waals surface area contributed by atoms with E-state index in [1.165, 1.54) is 0 Å². The van der Waals surface area contributed by atoms with Crippen molar-refractivity contribution < 1.29 is 13.2 Å². The largest absolute Gasteiger partial charge is 0.496 e. The first-order chi connectivity index (χ1) is 11.8. The molecule has 4 nitrogen and oxygen atoms in total. The highest BCUT2D eigenvalue weighted by molar-refractivity contribution is 7.89. The van der Waals surface area contributed by atoms with Crippen molar-refractivity contribution in [1.82, 2.24) is 4.72 Å². The summed E-state index contributed by atoms with van der Waals surface area (Å²) in [5, 5.41) is 3.10. The molecule has 1 aromatic heterocycles. The Morgan fingerprint density at radius 3 is 2.56 bits per heavy atom. The Morgan fingerprint density at radius 1 is 1.12 bits per heavy atom. The monoisotopic (exact) mass is 375 g/mol. The van der Waals surface area contributed by atoms with E-state index in [1.54, 1.807) is 31.4 Å². The molecule has 0 unspecified atom stereocenters. The van der Waals surface area contributed by atoms with Crippen molar-refractivity contribution in [3.8, 4) is 5.75 Å². The maximum atomic E-state index is 12.9. The summed E-state index contributed by atoms with van der Waals surface area (Å²) in [6.07, 6.45) is 0. The normalized spacial score (nSPS) is 11.8. The van der Waals surface area contributed by atoms with Gasteiger partial charge in [0, 0.05) is 11.2 Å². The maximum absolute atomic E-state index is 12.9. The van der Waals surface area contributed by atoms with Gasteiger partial charge in [-0.25, -0.2) is 13.1 Å². The molecule has 0 amide bonds.